The highest BCUT2D eigenvalue weighted by atomic mass is 35.5. The van der Waals surface area contributed by atoms with Gasteiger partial charge in [0.05, 0.1) is 11.9 Å². The summed E-state index contributed by atoms with van der Waals surface area (Å²) in [6.07, 6.45) is 8.33. The van der Waals surface area contributed by atoms with E-state index in [-0.39, 0.29) is 5.38 Å². The van der Waals surface area contributed by atoms with Gasteiger partial charge in [-0.3, -0.25) is 0 Å². The van der Waals surface area contributed by atoms with Crippen molar-refractivity contribution in [1.82, 2.24) is 4.90 Å². The minimum absolute atomic E-state index is 0.0462. The number of nitrogens with zero attached hydrogens (tertiary/aromatic N) is 3. The molecule has 7 heteroatoms. The number of piperidine rings is 1. The standard InChI is InChI=1S/C22H31ClN6/c1-25-21-3-2-19(10-17(21)12-24)26-7-4-16-11-20(16)15-5-8-29(9-6-15)22-27-13-18(23)14-28-22/h2-3,10,12-13,15-16,18,20,24-26H,4-9,11,14H2,1H3. The molecule has 0 spiro atoms. The van der Waals surface area contributed by atoms with Crippen LogP contribution in [0, 0.1) is 23.2 Å². The van der Waals surface area contributed by atoms with Crippen LogP contribution in [0.5, 0.6) is 0 Å². The van der Waals surface area contributed by atoms with Gasteiger partial charge in [0.1, 0.15) is 0 Å². The zero-order valence-corrected chi connectivity index (χ0v) is 17.8. The van der Waals surface area contributed by atoms with Crippen LogP contribution in [-0.2, 0) is 0 Å². The van der Waals surface area contributed by atoms with Crippen LogP contribution >= 0.6 is 11.6 Å². The molecule has 1 saturated heterocycles. The highest BCUT2D eigenvalue weighted by molar-refractivity contribution is 6.29. The van der Waals surface area contributed by atoms with Crippen molar-refractivity contribution in [3.05, 3.63) is 23.8 Å². The lowest BCUT2D eigenvalue weighted by atomic mass is 9.90. The van der Waals surface area contributed by atoms with Gasteiger partial charge in [-0.05, 0) is 61.6 Å². The van der Waals surface area contributed by atoms with Crippen molar-refractivity contribution in [2.45, 2.75) is 31.1 Å². The summed E-state index contributed by atoms with van der Waals surface area (Å²) in [5.74, 6) is 3.49. The molecule has 1 aromatic rings. The molecule has 1 aliphatic carbocycles. The number of likely N-dealkylation sites (tertiary alicyclic amines) is 1. The van der Waals surface area contributed by atoms with Gasteiger partial charge in [0.2, 0.25) is 5.96 Å². The Balaban J connectivity index is 1.18. The van der Waals surface area contributed by atoms with Gasteiger partial charge in [-0.25, -0.2) is 9.98 Å². The molecule has 0 amide bonds. The second-order valence-electron chi connectivity index (χ2n) is 8.33. The molecule has 156 valence electrons. The van der Waals surface area contributed by atoms with E-state index in [9.17, 15) is 0 Å². The third kappa shape index (κ3) is 4.92. The topological polar surface area (TPSA) is 75.9 Å². The minimum Gasteiger partial charge on any atom is -0.388 e. The van der Waals surface area contributed by atoms with Crippen molar-refractivity contribution in [3.63, 3.8) is 0 Å². The molecule has 3 aliphatic rings. The molecular formula is C22H31ClN6. The van der Waals surface area contributed by atoms with E-state index in [2.05, 4.69) is 31.6 Å². The number of nitrogens with one attached hydrogen (secondary N) is 3. The van der Waals surface area contributed by atoms with Crippen LogP contribution in [0.25, 0.3) is 0 Å². The van der Waals surface area contributed by atoms with Crippen molar-refractivity contribution < 1.29 is 0 Å². The predicted molar refractivity (Wildman–Crippen MR) is 123 cm³/mol. The summed E-state index contributed by atoms with van der Waals surface area (Å²) in [6, 6.07) is 6.16. The number of guanidine groups is 1. The number of benzene rings is 1. The first-order valence-corrected chi connectivity index (χ1v) is 11.2. The highest BCUT2D eigenvalue weighted by Gasteiger charge is 2.43. The first-order chi connectivity index (χ1) is 14.2. The van der Waals surface area contributed by atoms with Gasteiger partial charge in [0.25, 0.3) is 0 Å². The molecule has 29 heavy (non-hydrogen) atoms. The molecule has 1 aromatic carbocycles. The van der Waals surface area contributed by atoms with E-state index in [0.29, 0.717) is 6.54 Å². The Morgan fingerprint density at radius 1 is 1.31 bits per heavy atom. The molecular weight excluding hydrogens is 384 g/mol. The van der Waals surface area contributed by atoms with Gasteiger partial charge in [-0.15, -0.1) is 11.6 Å². The van der Waals surface area contributed by atoms with E-state index in [4.69, 9.17) is 17.0 Å². The molecule has 2 heterocycles. The van der Waals surface area contributed by atoms with Crippen molar-refractivity contribution in [3.8, 4) is 0 Å². The Bertz CT molecular complexity index is 784. The zero-order chi connectivity index (χ0) is 20.2. The fourth-order valence-electron chi connectivity index (χ4n) is 4.72. The molecule has 3 unspecified atom stereocenters. The van der Waals surface area contributed by atoms with Gasteiger partial charge in [0, 0.05) is 56.0 Å². The van der Waals surface area contributed by atoms with E-state index >= 15 is 0 Å². The summed E-state index contributed by atoms with van der Waals surface area (Å²) < 4.78 is 0. The molecule has 0 aromatic heterocycles. The molecule has 0 radical (unpaired) electrons. The maximum Gasteiger partial charge on any atom is 0.220 e. The van der Waals surface area contributed by atoms with Crippen molar-refractivity contribution >= 4 is 41.4 Å². The Labute approximate surface area is 178 Å². The van der Waals surface area contributed by atoms with Crippen molar-refractivity contribution in [2.24, 2.45) is 27.7 Å². The van der Waals surface area contributed by atoms with Crippen molar-refractivity contribution in [1.29, 1.82) is 5.41 Å². The number of hydrogen-bond acceptors (Lipinski definition) is 6. The monoisotopic (exact) mass is 414 g/mol. The third-order valence-electron chi connectivity index (χ3n) is 6.48. The zero-order valence-electron chi connectivity index (χ0n) is 17.1. The fourth-order valence-corrected chi connectivity index (χ4v) is 4.84. The Hall–Kier alpha value is -2.08. The lowest BCUT2D eigenvalue weighted by Crippen LogP contribution is -2.39. The van der Waals surface area contributed by atoms with E-state index in [1.165, 1.54) is 31.9 Å². The molecule has 2 fully saturated rings. The maximum absolute atomic E-state index is 7.55. The fraction of sp³-hybridized carbons (Fsp3) is 0.591. The molecule has 4 rings (SSSR count). The predicted octanol–water partition coefficient (Wildman–Crippen LogP) is 3.92. The minimum atomic E-state index is -0.0462. The highest BCUT2D eigenvalue weighted by Crippen LogP contribution is 2.49. The lowest BCUT2D eigenvalue weighted by Gasteiger charge is -2.33. The first-order valence-electron chi connectivity index (χ1n) is 10.7. The van der Waals surface area contributed by atoms with Crippen LogP contribution in [0.1, 0.15) is 31.2 Å². The Morgan fingerprint density at radius 3 is 2.83 bits per heavy atom. The second-order valence-corrected chi connectivity index (χ2v) is 8.89. The molecule has 2 aliphatic heterocycles. The van der Waals surface area contributed by atoms with Gasteiger partial charge in [-0.2, -0.15) is 0 Å². The van der Waals surface area contributed by atoms with Gasteiger partial charge in [0.15, 0.2) is 0 Å². The van der Waals surface area contributed by atoms with E-state index in [1.54, 1.807) is 0 Å². The third-order valence-corrected chi connectivity index (χ3v) is 6.74. The average molecular weight is 415 g/mol. The Kier molecular flexibility index (Phi) is 6.38. The summed E-state index contributed by atoms with van der Waals surface area (Å²) >= 11 is 6.03. The number of alkyl halides is 1. The number of rotatable bonds is 7. The quantitative estimate of drug-likeness (QED) is 0.467. The number of aliphatic imine (C=N–C) groups is 2. The van der Waals surface area contributed by atoms with Crippen LogP contribution in [0.4, 0.5) is 11.4 Å². The molecule has 0 bridgehead atoms. The van der Waals surface area contributed by atoms with Crippen LogP contribution in [-0.4, -0.2) is 61.9 Å². The molecule has 1 saturated carbocycles. The summed E-state index contributed by atoms with van der Waals surface area (Å²) in [5.41, 5.74) is 3.01. The van der Waals surface area contributed by atoms with Gasteiger partial charge >= 0.3 is 0 Å². The summed E-state index contributed by atoms with van der Waals surface area (Å²) in [4.78, 5) is 11.3. The van der Waals surface area contributed by atoms with Crippen LogP contribution < -0.4 is 10.6 Å². The lowest BCUT2D eigenvalue weighted by molar-refractivity contribution is 0.236. The maximum atomic E-state index is 7.55. The average Bonchev–Trinajstić information content (AvgIpc) is 3.54. The molecule has 3 N–H and O–H groups in total. The van der Waals surface area contributed by atoms with Gasteiger partial charge in [-0.1, -0.05) is 0 Å². The Morgan fingerprint density at radius 2 is 2.14 bits per heavy atom. The number of anilines is 2. The molecule has 3 atom stereocenters. The van der Waals surface area contributed by atoms with Gasteiger partial charge < -0.3 is 20.9 Å². The van der Waals surface area contributed by atoms with E-state index in [0.717, 1.165) is 60.3 Å². The molecule has 6 nitrogen and oxygen atoms in total. The number of hydrogen-bond donors (Lipinski definition) is 3. The summed E-state index contributed by atoms with van der Waals surface area (Å²) in [6.45, 7) is 3.79. The normalized spacial score (nSPS) is 26.8. The second kappa shape index (κ2) is 9.16. The first kappa shape index (κ1) is 20.2. The van der Waals surface area contributed by atoms with Crippen LogP contribution in [0.15, 0.2) is 28.2 Å². The summed E-state index contributed by atoms with van der Waals surface area (Å²) in [7, 11) is 1.89. The van der Waals surface area contributed by atoms with Crippen molar-refractivity contribution in [2.75, 3.05) is 43.9 Å². The van der Waals surface area contributed by atoms with E-state index in [1.807, 2.05) is 25.4 Å². The smallest absolute Gasteiger partial charge is 0.220 e. The SMILES string of the molecule is CNc1ccc(NCCC2CC2C2CCN(C3=NCC(Cl)C=N3)CC2)cc1C=N. The van der Waals surface area contributed by atoms with Crippen LogP contribution in [0.3, 0.4) is 0 Å². The summed E-state index contributed by atoms with van der Waals surface area (Å²) in [5, 5.41) is 14.2. The largest absolute Gasteiger partial charge is 0.388 e. The number of halogens is 1. The van der Waals surface area contributed by atoms with Crippen LogP contribution in [0.2, 0.25) is 0 Å². The van der Waals surface area contributed by atoms with E-state index < -0.39 is 0 Å².